The van der Waals surface area contributed by atoms with Crippen LogP contribution >= 0.6 is 0 Å². The summed E-state index contributed by atoms with van der Waals surface area (Å²) in [6.07, 6.45) is 5.92. The molecule has 0 aliphatic rings. The van der Waals surface area contributed by atoms with E-state index in [1.54, 1.807) is 7.11 Å². The molecule has 0 atom stereocenters. The van der Waals surface area contributed by atoms with E-state index in [0.29, 0.717) is 0 Å². The molecule has 0 saturated heterocycles. The van der Waals surface area contributed by atoms with Crippen molar-refractivity contribution in [1.82, 2.24) is 0 Å². The number of hydrogen-bond donors (Lipinski definition) is 0. The van der Waals surface area contributed by atoms with E-state index in [4.69, 9.17) is 15.9 Å². The van der Waals surface area contributed by atoms with E-state index in [-0.39, 0.29) is 0 Å². The smallest absolute Gasteiger partial charge is 0.127 e. The summed E-state index contributed by atoms with van der Waals surface area (Å²) < 4.78 is 12.7. The standard InChI is InChI=1S/C105H72O2/c1-3-72-49-51-76(52-50-72)94-69-91(73-31-13-4-14-32-73)101(103(82-43-25-10-26-44-82)97(94)79-37-19-7-20-38-79)86-59-65-89(66-60-86)107-90-67-61-87(62-68-90)102-93(75-35-17-6-18-36-75)71-96(99(81-41-23-9-24-42-81)105(102)84-47-29-12-30-48-84)78-55-53-77(54-56-78)95-70-92(74-33-15-5-16-34-74)100(85-57-63-88(106-2)64-58-85)104(83-45-27-11-28-46-83)98(95)80-39-21-8-22-40-80/h1,4-71H,2H3. The zero-order valence-corrected chi connectivity index (χ0v) is 59.2. The highest BCUT2D eigenvalue weighted by atomic mass is 16.5. The molecule has 0 heterocycles. The van der Waals surface area contributed by atoms with Crippen molar-refractivity contribution < 1.29 is 9.47 Å². The summed E-state index contributed by atoms with van der Waals surface area (Å²) in [6, 6.07) is 148. The molecule has 0 unspecified atom stereocenters. The largest absolute Gasteiger partial charge is 0.497 e. The van der Waals surface area contributed by atoms with Gasteiger partial charge in [-0.2, -0.15) is 0 Å². The van der Waals surface area contributed by atoms with Crippen molar-refractivity contribution >= 4 is 0 Å². The average molecular weight is 1370 g/mol. The molecule has 17 aromatic carbocycles. The summed E-state index contributed by atoms with van der Waals surface area (Å²) in [7, 11) is 1.72. The van der Waals surface area contributed by atoms with Gasteiger partial charge in [0.1, 0.15) is 17.2 Å². The van der Waals surface area contributed by atoms with Gasteiger partial charge >= 0.3 is 0 Å². The van der Waals surface area contributed by atoms with E-state index in [9.17, 15) is 0 Å². The minimum absolute atomic E-state index is 0.725. The van der Waals surface area contributed by atoms with Gasteiger partial charge in [-0.15, -0.1) is 6.42 Å². The lowest BCUT2D eigenvalue weighted by Gasteiger charge is -2.25. The molecule has 0 fully saturated rings. The molecule has 0 saturated carbocycles. The van der Waals surface area contributed by atoms with Gasteiger partial charge in [-0.1, -0.05) is 352 Å². The zero-order valence-electron chi connectivity index (χ0n) is 59.2. The Bertz CT molecular complexity index is 5980. The topological polar surface area (TPSA) is 18.5 Å². The van der Waals surface area contributed by atoms with Crippen LogP contribution < -0.4 is 9.47 Å². The van der Waals surface area contributed by atoms with Crippen molar-refractivity contribution in [1.29, 1.82) is 0 Å². The van der Waals surface area contributed by atoms with Crippen LogP contribution in [0.3, 0.4) is 0 Å². The summed E-state index contributed by atoms with van der Waals surface area (Å²) in [5.74, 6) is 5.09. The molecule has 0 radical (unpaired) electrons. The van der Waals surface area contributed by atoms with Crippen molar-refractivity contribution in [2.24, 2.45) is 0 Å². The van der Waals surface area contributed by atoms with E-state index in [1.807, 2.05) is 12.1 Å². The fraction of sp³-hybridized carbons (Fsp3) is 0.00952. The Morgan fingerprint density at radius 3 is 0.561 bits per heavy atom. The first-order chi connectivity index (χ1) is 53.0. The van der Waals surface area contributed by atoms with Crippen LogP contribution in [0.2, 0.25) is 0 Å². The van der Waals surface area contributed by atoms with Gasteiger partial charge in [-0.05, 0) is 234 Å². The van der Waals surface area contributed by atoms with Crippen LogP contribution in [0.25, 0.3) is 167 Å². The van der Waals surface area contributed by atoms with Gasteiger partial charge in [0.2, 0.25) is 0 Å². The Morgan fingerprint density at radius 1 is 0.178 bits per heavy atom. The van der Waals surface area contributed by atoms with E-state index in [0.717, 1.165) is 190 Å². The maximum atomic E-state index is 6.93. The highest BCUT2D eigenvalue weighted by Gasteiger charge is 2.29. The summed E-state index contributed by atoms with van der Waals surface area (Å²) in [5, 5.41) is 0. The van der Waals surface area contributed by atoms with Gasteiger partial charge in [0.05, 0.1) is 7.11 Å². The number of terminal acetylenes is 1. The van der Waals surface area contributed by atoms with Gasteiger partial charge in [-0.3, -0.25) is 0 Å². The minimum Gasteiger partial charge on any atom is -0.497 e. The first-order valence-electron chi connectivity index (χ1n) is 36.3. The second-order valence-corrected chi connectivity index (χ2v) is 26.8. The maximum Gasteiger partial charge on any atom is 0.127 e. The van der Waals surface area contributed by atoms with Crippen LogP contribution in [0.5, 0.6) is 17.2 Å². The molecule has 0 N–H and O–H groups in total. The molecule has 0 bridgehead atoms. The summed E-state index contributed by atoms with van der Waals surface area (Å²) >= 11 is 0. The number of benzene rings is 17. The van der Waals surface area contributed by atoms with E-state index in [1.165, 1.54) is 0 Å². The third-order valence-corrected chi connectivity index (χ3v) is 20.4. The van der Waals surface area contributed by atoms with Crippen LogP contribution in [-0.2, 0) is 0 Å². The Balaban J connectivity index is 0.801. The van der Waals surface area contributed by atoms with Gasteiger partial charge in [0, 0.05) is 5.56 Å². The van der Waals surface area contributed by atoms with Crippen molar-refractivity contribution in [3.63, 3.8) is 0 Å². The number of hydrogen-bond acceptors (Lipinski definition) is 2. The van der Waals surface area contributed by atoms with Crippen molar-refractivity contribution in [2.45, 2.75) is 0 Å². The lowest BCUT2D eigenvalue weighted by Crippen LogP contribution is -1.99. The highest BCUT2D eigenvalue weighted by Crippen LogP contribution is 2.55. The Kier molecular flexibility index (Phi) is 18.6. The fourth-order valence-corrected chi connectivity index (χ4v) is 15.4. The quantitative estimate of drug-likeness (QED) is 0.0797. The molecule has 2 heteroatoms. The highest BCUT2D eigenvalue weighted by molar-refractivity contribution is 6.11. The van der Waals surface area contributed by atoms with Gasteiger partial charge in [0.15, 0.2) is 0 Å². The second kappa shape index (κ2) is 30.1. The molecule has 0 aromatic heterocycles. The molecule has 17 rings (SSSR count). The molecule has 0 amide bonds. The molecule has 2 nitrogen and oxygen atoms in total. The summed E-state index contributed by atoms with van der Waals surface area (Å²) in [6.45, 7) is 0. The normalized spacial score (nSPS) is 11.0. The van der Waals surface area contributed by atoms with Gasteiger partial charge in [-0.25, -0.2) is 0 Å². The number of methoxy groups -OCH3 is 1. The monoisotopic (exact) mass is 1360 g/mol. The van der Waals surface area contributed by atoms with Gasteiger partial charge in [0.25, 0.3) is 0 Å². The second-order valence-electron chi connectivity index (χ2n) is 26.8. The van der Waals surface area contributed by atoms with Crippen LogP contribution in [0.4, 0.5) is 0 Å². The maximum absolute atomic E-state index is 6.93. The van der Waals surface area contributed by atoms with Crippen molar-refractivity contribution in [3.8, 4) is 196 Å². The van der Waals surface area contributed by atoms with E-state index >= 15 is 0 Å². The van der Waals surface area contributed by atoms with Gasteiger partial charge < -0.3 is 9.47 Å². The van der Waals surface area contributed by atoms with Crippen molar-refractivity contribution in [2.75, 3.05) is 7.11 Å². The van der Waals surface area contributed by atoms with E-state index in [2.05, 4.69) is 406 Å². The first-order valence-corrected chi connectivity index (χ1v) is 36.3. The molecule has 504 valence electrons. The van der Waals surface area contributed by atoms with Crippen LogP contribution in [0.15, 0.2) is 413 Å². The SMILES string of the molecule is C#Cc1ccc(-c2cc(-c3ccccc3)c(-c3ccc(Oc4ccc(-c5c(-c6ccccc6)cc(-c6ccc(-c7cc(-c8ccccc8)c(-c8ccc(OC)cc8)c(-c8ccccc8)c7-c7ccccc7)cc6)c(-c6ccccc6)c5-c5ccccc5)cc4)cc3)c(-c3ccccc3)c2-c2ccccc2)cc1. The Labute approximate surface area is 627 Å². The average Bonchev–Trinajstić information content (AvgIpc) is 0.758. The number of rotatable bonds is 18. The molecular formula is C105H72O2. The lowest BCUT2D eigenvalue weighted by molar-refractivity contribution is 0.415. The zero-order chi connectivity index (χ0) is 71.8. The number of ether oxygens (including phenoxy) is 2. The summed E-state index contributed by atoms with van der Waals surface area (Å²) in [5.41, 5.74) is 34.5. The predicted octanol–water partition coefficient (Wildman–Crippen LogP) is 28.5. The van der Waals surface area contributed by atoms with Crippen LogP contribution in [-0.4, -0.2) is 7.11 Å². The van der Waals surface area contributed by atoms with Crippen molar-refractivity contribution in [3.05, 3.63) is 418 Å². The molecular weight excluding hydrogens is 1290 g/mol. The lowest BCUT2D eigenvalue weighted by atomic mass is 9.78. The Morgan fingerprint density at radius 2 is 0.346 bits per heavy atom. The molecule has 0 aliphatic heterocycles. The first kappa shape index (κ1) is 66.2. The molecule has 107 heavy (non-hydrogen) atoms. The fourth-order valence-electron chi connectivity index (χ4n) is 15.4. The van der Waals surface area contributed by atoms with Crippen LogP contribution in [0, 0.1) is 12.3 Å². The minimum atomic E-state index is 0.725. The molecule has 0 spiro atoms. The third kappa shape index (κ3) is 13.3. The summed E-state index contributed by atoms with van der Waals surface area (Å²) in [4.78, 5) is 0. The Hall–Kier alpha value is -14.1. The van der Waals surface area contributed by atoms with Crippen LogP contribution in [0.1, 0.15) is 5.56 Å². The van der Waals surface area contributed by atoms with E-state index < -0.39 is 0 Å². The third-order valence-electron chi connectivity index (χ3n) is 20.4. The molecule has 17 aromatic rings. The predicted molar refractivity (Wildman–Crippen MR) is 449 cm³/mol. The molecule has 0 aliphatic carbocycles.